The predicted molar refractivity (Wildman–Crippen MR) is 138 cm³/mol. The molecule has 1 nitrogen and oxygen atoms in total. The van der Waals surface area contributed by atoms with Gasteiger partial charge in [-0.25, -0.2) is 13.2 Å². The molecule has 0 aromatic heterocycles. The van der Waals surface area contributed by atoms with E-state index in [1.807, 2.05) is 38.1 Å². The molecule has 0 fully saturated rings. The zero-order chi connectivity index (χ0) is 24.8. The van der Waals surface area contributed by atoms with Crippen LogP contribution in [-0.4, -0.2) is 6.61 Å². The fraction of sp³-hybridized carbons (Fsp3) is 0.0968. The number of hydrogen-bond acceptors (Lipinski definition) is 1. The Labute approximate surface area is 203 Å². The van der Waals surface area contributed by atoms with Gasteiger partial charge < -0.3 is 4.74 Å². The zero-order valence-electron chi connectivity index (χ0n) is 19.6. The van der Waals surface area contributed by atoms with Crippen molar-refractivity contribution >= 4 is 18.2 Å². The summed E-state index contributed by atoms with van der Waals surface area (Å²) < 4.78 is 49.5. The highest BCUT2D eigenvalue weighted by molar-refractivity contribution is 5.75. The molecule has 0 heterocycles. The Hall–Kier alpha value is -4.05. The SMILES string of the molecule is C/C=C/c1ccc(-c2ccc(-c3ccc(/C=C/c4ccc(OCC)cc4F)cc3)c(F)c2F)cc1. The van der Waals surface area contributed by atoms with Gasteiger partial charge in [0.15, 0.2) is 11.6 Å². The van der Waals surface area contributed by atoms with Crippen LogP contribution in [-0.2, 0) is 0 Å². The minimum Gasteiger partial charge on any atom is -0.494 e. The average Bonchev–Trinajstić information content (AvgIpc) is 2.87. The summed E-state index contributed by atoms with van der Waals surface area (Å²) in [6.45, 7) is 4.23. The molecule has 176 valence electrons. The molecular weight excluding hydrogens is 445 g/mol. The minimum absolute atomic E-state index is 0.185. The van der Waals surface area contributed by atoms with Crippen LogP contribution in [0.3, 0.4) is 0 Å². The second kappa shape index (κ2) is 10.9. The van der Waals surface area contributed by atoms with Crippen molar-refractivity contribution in [3.05, 3.63) is 119 Å². The highest BCUT2D eigenvalue weighted by atomic mass is 19.2. The van der Waals surface area contributed by atoms with Crippen LogP contribution >= 0.6 is 0 Å². The first kappa shape index (κ1) is 24.1. The normalized spacial score (nSPS) is 11.5. The smallest absolute Gasteiger partial charge is 0.167 e. The van der Waals surface area contributed by atoms with Gasteiger partial charge in [0.2, 0.25) is 0 Å². The van der Waals surface area contributed by atoms with E-state index in [1.54, 1.807) is 72.8 Å². The van der Waals surface area contributed by atoms with Crippen molar-refractivity contribution in [1.29, 1.82) is 0 Å². The van der Waals surface area contributed by atoms with Crippen molar-refractivity contribution in [2.45, 2.75) is 13.8 Å². The molecular formula is C31H25F3O. The Bertz CT molecular complexity index is 1370. The van der Waals surface area contributed by atoms with Gasteiger partial charge in [0.05, 0.1) is 6.61 Å². The number of rotatable bonds is 7. The first-order valence-corrected chi connectivity index (χ1v) is 11.4. The van der Waals surface area contributed by atoms with E-state index in [2.05, 4.69) is 0 Å². The number of halogens is 3. The lowest BCUT2D eigenvalue weighted by Gasteiger charge is -2.10. The fourth-order valence-corrected chi connectivity index (χ4v) is 3.82. The summed E-state index contributed by atoms with van der Waals surface area (Å²) >= 11 is 0. The predicted octanol–water partition coefficient (Wildman–Crippen LogP) is 9.04. The van der Waals surface area contributed by atoms with Crippen molar-refractivity contribution in [1.82, 2.24) is 0 Å². The van der Waals surface area contributed by atoms with Gasteiger partial charge in [-0.1, -0.05) is 85.0 Å². The van der Waals surface area contributed by atoms with Gasteiger partial charge in [-0.15, -0.1) is 0 Å². The molecule has 0 N–H and O–H groups in total. The molecule has 4 aromatic carbocycles. The molecule has 0 aliphatic heterocycles. The van der Waals surface area contributed by atoms with Gasteiger partial charge in [0.1, 0.15) is 11.6 Å². The van der Waals surface area contributed by atoms with Gasteiger partial charge in [0, 0.05) is 22.8 Å². The van der Waals surface area contributed by atoms with Crippen molar-refractivity contribution in [2.75, 3.05) is 6.61 Å². The summed E-state index contributed by atoms with van der Waals surface area (Å²) in [5.74, 6) is -1.66. The maximum atomic E-state index is 15.0. The van der Waals surface area contributed by atoms with E-state index in [-0.39, 0.29) is 16.9 Å². The van der Waals surface area contributed by atoms with Crippen LogP contribution < -0.4 is 4.74 Å². The van der Waals surface area contributed by atoms with Gasteiger partial charge >= 0.3 is 0 Å². The molecule has 0 amide bonds. The summed E-state index contributed by atoms with van der Waals surface area (Å²) in [6.07, 6.45) is 7.29. The van der Waals surface area contributed by atoms with Crippen LogP contribution in [0.2, 0.25) is 0 Å². The maximum absolute atomic E-state index is 15.0. The summed E-state index contributed by atoms with van der Waals surface area (Å²) in [7, 11) is 0. The Kier molecular flexibility index (Phi) is 7.51. The molecule has 0 aliphatic carbocycles. The van der Waals surface area contributed by atoms with E-state index >= 15 is 0 Å². The van der Waals surface area contributed by atoms with Crippen molar-refractivity contribution < 1.29 is 17.9 Å². The fourth-order valence-electron chi connectivity index (χ4n) is 3.82. The topological polar surface area (TPSA) is 9.23 Å². The lowest BCUT2D eigenvalue weighted by molar-refractivity contribution is 0.338. The van der Waals surface area contributed by atoms with Crippen molar-refractivity contribution in [2.24, 2.45) is 0 Å². The summed E-state index contributed by atoms with van der Waals surface area (Å²) in [6, 6.07) is 22.2. The van der Waals surface area contributed by atoms with Crippen LogP contribution in [0.4, 0.5) is 13.2 Å². The van der Waals surface area contributed by atoms with Crippen LogP contribution in [0.5, 0.6) is 5.75 Å². The maximum Gasteiger partial charge on any atom is 0.167 e. The van der Waals surface area contributed by atoms with Gasteiger partial charge in [0.25, 0.3) is 0 Å². The second-order valence-electron chi connectivity index (χ2n) is 7.98. The highest BCUT2D eigenvalue weighted by Crippen LogP contribution is 2.32. The minimum atomic E-state index is -0.889. The quantitative estimate of drug-likeness (QED) is 0.245. The lowest BCUT2D eigenvalue weighted by atomic mass is 9.97. The molecule has 4 aromatic rings. The van der Waals surface area contributed by atoms with E-state index in [4.69, 9.17) is 4.74 Å². The monoisotopic (exact) mass is 470 g/mol. The first-order valence-electron chi connectivity index (χ1n) is 11.4. The third-order valence-electron chi connectivity index (χ3n) is 5.62. The molecule has 0 atom stereocenters. The molecule has 0 saturated heterocycles. The Morgan fingerprint density at radius 3 is 1.69 bits per heavy atom. The van der Waals surface area contributed by atoms with Crippen LogP contribution in [0.15, 0.2) is 84.9 Å². The molecule has 0 bridgehead atoms. The molecule has 0 radical (unpaired) electrons. The Morgan fingerprint density at radius 2 is 1.20 bits per heavy atom. The third-order valence-corrected chi connectivity index (χ3v) is 5.62. The third kappa shape index (κ3) is 5.55. The van der Waals surface area contributed by atoms with E-state index in [1.165, 1.54) is 6.07 Å². The Balaban J connectivity index is 1.54. The van der Waals surface area contributed by atoms with E-state index in [0.29, 0.717) is 29.0 Å². The molecule has 4 heteroatoms. The second-order valence-corrected chi connectivity index (χ2v) is 7.98. The molecule has 0 aliphatic rings. The van der Waals surface area contributed by atoms with E-state index < -0.39 is 11.6 Å². The van der Waals surface area contributed by atoms with Crippen molar-refractivity contribution in [3.8, 4) is 28.0 Å². The zero-order valence-corrected chi connectivity index (χ0v) is 19.6. The average molecular weight is 471 g/mol. The van der Waals surface area contributed by atoms with Crippen LogP contribution in [0.25, 0.3) is 40.5 Å². The Morgan fingerprint density at radius 1 is 0.657 bits per heavy atom. The van der Waals surface area contributed by atoms with Crippen LogP contribution in [0, 0.1) is 17.5 Å². The van der Waals surface area contributed by atoms with Gasteiger partial charge in [-0.2, -0.15) is 0 Å². The lowest BCUT2D eigenvalue weighted by Crippen LogP contribution is -1.94. The van der Waals surface area contributed by atoms with E-state index in [0.717, 1.165) is 11.1 Å². The highest BCUT2D eigenvalue weighted by Gasteiger charge is 2.16. The van der Waals surface area contributed by atoms with Gasteiger partial charge in [-0.3, -0.25) is 0 Å². The summed E-state index contributed by atoms with van der Waals surface area (Å²) in [4.78, 5) is 0. The number of ether oxygens (including phenoxy) is 1. The number of hydrogen-bond donors (Lipinski definition) is 0. The first-order chi connectivity index (χ1) is 17.0. The molecule has 0 unspecified atom stereocenters. The largest absolute Gasteiger partial charge is 0.494 e. The van der Waals surface area contributed by atoms with E-state index in [9.17, 15) is 13.2 Å². The number of benzene rings is 4. The van der Waals surface area contributed by atoms with Gasteiger partial charge in [-0.05, 0) is 48.2 Å². The molecule has 0 saturated carbocycles. The summed E-state index contributed by atoms with van der Waals surface area (Å²) in [5.41, 5.74) is 3.80. The standard InChI is InChI=1S/C31H25F3O/c1-3-5-21-6-11-23(12-7-21)27-18-19-28(31(34)30(27)33)24-13-8-22(9-14-24)10-15-25-16-17-26(35-4-2)20-29(25)32/h3,5-20H,4H2,1-2H3/b5-3+,15-10+. The molecule has 35 heavy (non-hydrogen) atoms. The molecule has 0 spiro atoms. The van der Waals surface area contributed by atoms with Crippen molar-refractivity contribution in [3.63, 3.8) is 0 Å². The molecule has 4 rings (SSSR count). The number of allylic oxidation sites excluding steroid dienone is 1. The van der Waals surface area contributed by atoms with Crippen LogP contribution in [0.1, 0.15) is 30.5 Å². The summed E-state index contributed by atoms with van der Waals surface area (Å²) in [5, 5.41) is 0.